The topological polar surface area (TPSA) is 122 Å². The Kier molecular flexibility index (Phi) is 12.0. The van der Waals surface area contributed by atoms with Crippen molar-refractivity contribution in [1.29, 1.82) is 0 Å². The molecule has 2 saturated heterocycles. The third-order valence-electron chi connectivity index (χ3n) is 12.3. The highest BCUT2D eigenvalue weighted by Crippen LogP contribution is 2.57. The van der Waals surface area contributed by atoms with Gasteiger partial charge in [0.1, 0.15) is 30.2 Å². The normalized spacial score (nSPS) is 42.3. The summed E-state index contributed by atoms with van der Waals surface area (Å²) in [6.45, 7) is 5.95. The van der Waals surface area contributed by atoms with E-state index in [4.69, 9.17) is 28.4 Å². The van der Waals surface area contributed by atoms with Gasteiger partial charge < -0.3 is 38.8 Å². The van der Waals surface area contributed by atoms with Gasteiger partial charge in [0.15, 0.2) is 12.1 Å². The first kappa shape index (κ1) is 37.4. The summed E-state index contributed by atoms with van der Waals surface area (Å²) < 4.78 is 50.2. The molecule has 11 heteroatoms. The molecule has 3 aliphatic carbocycles. The lowest BCUT2D eigenvalue weighted by molar-refractivity contribution is -0.314. The van der Waals surface area contributed by atoms with Gasteiger partial charge in [0, 0.05) is 38.9 Å². The Morgan fingerprint density at radius 2 is 1.62 bits per heavy atom. The molecule has 2 N–H and O–H groups in total. The van der Waals surface area contributed by atoms with Crippen LogP contribution in [0.4, 0.5) is 10.1 Å². The molecule has 15 atom stereocenters. The van der Waals surface area contributed by atoms with Crippen molar-refractivity contribution in [2.75, 3.05) is 26.6 Å². The van der Waals surface area contributed by atoms with E-state index in [1.54, 1.807) is 33.5 Å². The zero-order chi connectivity index (χ0) is 35.7. The van der Waals surface area contributed by atoms with Crippen molar-refractivity contribution >= 4 is 17.4 Å². The first-order chi connectivity index (χ1) is 24.1. The van der Waals surface area contributed by atoms with Gasteiger partial charge in [0.2, 0.25) is 0 Å². The number of allylic oxidation sites excluding steroid dienone is 2. The number of hydrogen-bond acceptors (Lipinski definition) is 10. The highest BCUT2D eigenvalue weighted by atomic mass is 19.1. The summed E-state index contributed by atoms with van der Waals surface area (Å²) in [6.07, 6.45) is 3.98. The van der Waals surface area contributed by atoms with Gasteiger partial charge in [-0.2, -0.15) is 0 Å². The number of carbonyl (C=O) groups excluding carboxylic acids is 2. The molecule has 50 heavy (non-hydrogen) atoms. The average Bonchev–Trinajstić information content (AvgIpc) is 3.69. The number of benzene rings is 1. The van der Waals surface area contributed by atoms with Crippen LogP contribution in [0.5, 0.6) is 0 Å². The van der Waals surface area contributed by atoms with Crippen LogP contribution in [0.3, 0.4) is 0 Å². The molecule has 5 aliphatic rings. The molecule has 2 aliphatic heterocycles. The lowest BCUT2D eigenvalue weighted by Gasteiger charge is -2.47. The predicted octanol–water partition coefficient (Wildman–Crippen LogP) is 5.46. The maximum absolute atomic E-state index is 14.2. The molecule has 0 spiro atoms. The number of halogens is 1. The highest BCUT2D eigenvalue weighted by Gasteiger charge is 2.59. The van der Waals surface area contributed by atoms with Crippen LogP contribution in [0, 0.1) is 41.3 Å². The maximum Gasteiger partial charge on any atom is 0.306 e. The summed E-state index contributed by atoms with van der Waals surface area (Å²) >= 11 is 0. The van der Waals surface area contributed by atoms with Crippen LogP contribution in [-0.2, 0) is 38.0 Å². The molecule has 4 fully saturated rings. The number of methoxy groups -OCH3 is 3. The van der Waals surface area contributed by atoms with Gasteiger partial charge in [-0.15, -0.1) is 0 Å². The zero-order valence-electron chi connectivity index (χ0n) is 30.3. The van der Waals surface area contributed by atoms with Crippen molar-refractivity contribution in [3.8, 4) is 0 Å². The second kappa shape index (κ2) is 16.1. The van der Waals surface area contributed by atoms with Crippen LogP contribution in [0.15, 0.2) is 35.9 Å². The number of ketones is 1. The molecule has 0 aromatic heterocycles. The van der Waals surface area contributed by atoms with Gasteiger partial charge >= 0.3 is 5.97 Å². The van der Waals surface area contributed by atoms with Crippen LogP contribution in [0.1, 0.15) is 72.1 Å². The van der Waals surface area contributed by atoms with E-state index in [2.05, 4.69) is 11.4 Å². The summed E-state index contributed by atoms with van der Waals surface area (Å²) in [6, 6.07) is 5.59. The lowest BCUT2D eigenvalue weighted by atomic mass is 9.62. The van der Waals surface area contributed by atoms with Crippen LogP contribution >= 0.6 is 0 Å². The Labute approximate surface area is 295 Å². The molecular formula is C39H56FNO9. The standard InChI is InChI=1S/C39H56FNO9/c1-7-24-11-9-8-10-20(2)34(43)30-18-27-26-16-25(50-39-38(47-6)37(46-5)36(45-4)21(3)48-39)17-29(26)35(44)33(32(27)28(30)19-31(42)49-24)41-23-14-12-22(40)13-15-23/h12-15,18,20-21,24-29,32-33,35-39,41,44H,7-11,16-17,19H2,1-6H3/t20-,21?,24+,25+,26+,27+,28-,29-,32-,33-,35-,36+,37?,38?,39+/m1/s1. The number of nitrogens with one attached hydrogen (secondary N) is 1. The molecule has 2 heterocycles. The first-order valence-corrected chi connectivity index (χ1v) is 18.6. The van der Waals surface area contributed by atoms with E-state index >= 15 is 0 Å². The first-order valence-electron chi connectivity index (χ1n) is 18.6. The van der Waals surface area contributed by atoms with E-state index < -0.39 is 36.6 Å². The molecule has 3 unspecified atom stereocenters. The predicted molar refractivity (Wildman–Crippen MR) is 184 cm³/mol. The molecular weight excluding hydrogens is 645 g/mol. The van der Waals surface area contributed by atoms with E-state index in [1.807, 2.05) is 20.8 Å². The molecule has 2 saturated carbocycles. The van der Waals surface area contributed by atoms with Crippen LogP contribution in [0.2, 0.25) is 0 Å². The van der Waals surface area contributed by atoms with Crippen molar-refractivity contribution in [3.05, 3.63) is 41.7 Å². The van der Waals surface area contributed by atoms with Crippen molar-refractivity contribution in [2.45, 2.75) is 127 Å². The van der Waals surface area contributed by atoms with Crippen LogP contribution in [0.25, 0.3) is 0 Å². The van der Waals surface area contributed by atoms with Gasteiger partial charge in [-0.25, -0.2) is 4.39 Å². The Morgan fingerprint density at radius 1 is 0.940 bits per heavy atom. The third-order valence-corrected chi connectivity index (χ3v) is 12.3. The minimum Gasteiger partial charge on any atom is -0.462 e. The number of anilines is 1. The highest BCUT2D eigenvalue weighted by molar-refractivity contribution is 5.98. The minimum atomic E-state index is -0.824. The quantitative estimate of drug-likeness (QED) is 0.338. The second-order valence-electron chi connectivity index (χ2n) is 15.2. The fourth-order valence-electron chi connectivity index (χ4n) is 9.85. The lowest BCUT2D eigenvalue weighted by Crippen LogP contribution is -2.59. The SMILES string of the molecule is CC[C@H]1CCCC[C@@H](C)C(=O)C2=C[C@H]3[C@@H]4C[C@H](O[C@@H]5OC(C)[C@H](OC)C(OC)C5OC)C[C@H]4[C@@H](O)[C@H](Nc4ccc(F)cc4)[C@H]3[C@@H]2CC(=O)O1. The largest absolute Gasteiger partial charge is 0.462 e. The number of cyclic esters (lactones) is 1. The number of carbonyl (C=O) groups is 2. The number of fused-ring (bicyclic) bond motifs is 5. The number of Topliss-reactive ketones (excluding diaryl/α,β-unsaturated/α-hetero) is 1. The van der Waals surface area contributed by atoms with Gasteiger partial charge in [-0.05, 0) is 99.0 Å². The maximum atomic E-state index is 14.2. The van der Waals surface area contributed by atoms with Crippen molar-refractivity contribution in [2.24, 2.45) is 35.5 Å². The second-order valence-corrected chi connectivity index (χ2v) is 15.2. The van der Waals surface area contributed by atoms with E-state index in [0.717, 1.165) is 32.1 Å². The Hall–Kier alpha value is -2.41. The van der Waals surface area contributed by atoms with E-state index in [-0.39, 0.29) is 78.0 Å². The molecule has 0 radical (unpaired) electrons. The van der Waals surface area contributed by atoms with Gasteiger partial charge in [-0.3, -0.25) is 9.59 Å². The molecule has 0 amide bonds. The van der Waals surface area contributed by atoms with Crippen LogP contribution in [-0.4, -0.2) is 93.2 Å². The fraction of sp³-hybridized carbons (Fsp3) is 0.744. The molecule has 10 nitrogen and oxygen atoms in total. The molecule has 278 valence electrons. The monoisotopic (exact) mass is 701 g/mol. The number of hydrogen-bond donors (Lipinski definition) is 2. The number of rotatable bonds is 8. The minimum absolute atomic E-state index is 0.00331. The number of aliphatic hydroxyl groups excluding tert-OH is 1. The molecule has 1 aromatic rings. The Morgan fingerprint density at radius 3 is 2.30 bits per heavy atom. The summed E-state index contributed by atoms with van der Waals surface area (Å²) in [7, 11) is 4.85. The van der Waals surface area contributed by atoms with Crippen LogP contribution < -0.4 is 5.32 Å². The Balaban J connectivity index is 1.33. The third kappa shape index (κ3) is 7.41. The van der Waals surface area contributed by atoms with Gasteiger partial charge in [0.05, 0.1) is 30.8 Å². The summed E-state index contributed by atoms with van der Waals surface area (Å²) in [5.74, 6) is -1.72. The van der Waals surface area contributed by atoms with Crippen molar-refractivity contribution in [1.82, 2.24) is 0 Å². The number of ether oxygens (including phenoxy) is 6. The fourth-order valence-corrected chi connectivity index (χ4v) is 9.85. The van der Waals surface area contributed by atoms with E-state index in [1.165, 1.54) is 12.1 Å². The van der Waals surface area contributed by atoms with E-state index in [0.29, 0.717) is 24.1 Å². The van der Waals surface area contributed by atoms with Crippen molar-refractivity contribution in [3.63, 3.8) is 0 Å². The Bertz CT molecular complexity index is 1360. The summed E-state index contributed by atoms with van der Waals surface area (Å²) in [4.78, 5) is 27.8. The number of aliphatic hydroxyl groups is 1. The van der Waals surface area contributed by atoms with E-state index in [9.17, 15) is 19.1 Å². The number of esters is 1. The van der Waals surface area contributed by atoms with Crippen molar-refractivity contribution < 1.29 is 47.5 Å². The summed E-state index contributed by atoms with van der Waals surface area (Å²) in [5, 5.41) is 15.8. The molecule has 1 aromatic carbocycles. The van der Waals surface area contributed by atoms with Gasteiger partial charge in [0.25, 0.3) is 0 Å². The smallest absolute Gasteiger partial charge is 0.306 e. The molecule has 0 bridgehead atoms. The van der Waals surface area contributed by atoms with Gasteiger partial charge in [-0.1, -0.05) is 26.3 Å². The average molecular weight is 702 g/mol. The zero-order valence-corrected chi connectivity index (χ0v) is 30.3. The molecule has 6 rings (SSSR count). The summed E-state index contributed by atoms with van der Waals surface area (Å²) in [5.41, 5.74) is 1.35.